The predicted molar refractivity (Wildman–Crippen MR) is 64.6 cm³/mol. The number of aromatic nitrogens is 2. The van der Waals surface area contributed by atoms with Gasteiger partial charge in [-0.3, -0.25) is 5.32 Å². The van der Waals surface area contributed by atoms with Crippen LogP contribution in [0.4, 0.5) is 14.9 Å². The van der Waals surface area contributed by atoms with Gasteiger partial charge in [0, 0.05) is 0 Å². The van der Waals surface area contributed by atoms with E-state index in [1.54, 1.807) is 26.0 Å². The fourth-order valence-corrected chi connectivity index (χ4v) is 1.79. The van der Waals surface area contributed by atoms with E-state index in [1.807, 2.05) is 0 Å². The van der Waals surface area contributed by atoms with Crippen LogP contribution in [0.15, 0.2) is 24.3 Å². The van der Waals surface area contributed by atoms with E-state index in [2.05, 4.69) is 10.4 Å². The maximum Gasteiger partial charge on any atom is 0.409 e. The molecule has 94 valence electrons. The van der Waals surface area contributed by atoms with Crippen molar-refractivity contribution >= 4 is 11.8 Å². The van der Waals surface area contributed by atoms with Crippen LogP contribution in [0.2, 0.25) is 0 Å². The van der Waals surface area contributed by atoms with Gasteiger partial charge < -0.3 is 5.11 Å². The van der Waals surface area contributed by atoms with Crippen molar-refractivity contribution in [3.8, 4) is 5.69 Å². The lowest BCUT2D eigenvalue weighted by atomic mass is 10.3. The third-order valence-electron chi connectivity index (χ3n) is 2.58. The van der Waals surface area contributed by atoms with E-state index in [4.69, 9.17) is 5.11 Å². The summed E-state index contributed by atoms with van der Waals surface area (Å²) in [5.41, 5.74) is 2.13. The van der Waals surface area contributed by atoms with E-state index in [9.17, 15) is 9.18 Å². The molecular formula is C12H12FN3O2. The maximum absolute atomic E-state index is 13.2. The van der Waals surface area contributed by atoms with Gasteiger partial charge in [-0.15, -0.1) is 0 Å². The molecule has 2 aromatic rings. The summed E-state index contributed by atoms with van der Waals surface area (Å²) in [6.07, 6.45) is -1.15. The number of hydrogen-bond donors (Lipinski definition) is 2. The van der Waals surface area contributed by atoms with Gasteiger partial charge in [-0.1, -0.05) is 6.07 Å². The van der Waals surface area contributed by atoms with Crippen molar-refractivity contribution in [2.45, 2.75) is 13.8 Å². The van der Waals surface area contributed by atoms with Crippen LogP contribution in [0.5, 0.6) is 0 Å². The number of benzene rings is 1. The third-order valence-corrected chi connectivity index (χ3v) is 2.58. The third kappa shape index (κ3) is 2.17. The molecule has 0 bridgehead atoms. The predicted octanol–water partition coefficient (Wildman–Crippen LogP) is 2.72. The highest BCUT2D eigenvalue weighted by molar-refractivity contribution is 5.84. The lowest BCUT2D eigenvalue weighted by molar-refractivity contribution is 0.209. The Balaban J connectivity index is 2.50. The Labute approximate surface area is 103 Å². The van der Waals surface area contributed by atoms with Crippen LogP contribution in [0.25, 0.3) is 5.69 Å². The van der Waals surface area contributed by atoms with Crippen molar-refractivity contribution < 1.29 is 14.3 Å². The molecule has 6 heteroatoms. The van der Waals surface area contributed by atoms with E-state index in [0.717, 1.165) is 0 Å². The summed E-state index contributed by atoms with van der Waals surface area (Å²) < 4.78 is 14.7. The number of halogens is 1. The lowest BCUT2D eigenvalue weighted by Gasteiger charge is -2.05. The van der Waals surface area contributed by atoms with Gasteiger partial charge in [0.1, 0.15) is 5.82 Å². The Kier molecular flexibility index (Phi) is 3.01. The first-order valence-corrected chi connectivity index (χ1v) is 5.31. The molecule has 0 aliphatic rings. The largest absolute Gasteiger partial charge is 0.465 e. The fourth-order valence-electron chi connectivity index (χ4n) is 1.79. The number of aryl methyl sites for hydroxylation is 1. The lowest BCUT2D eigenvalue weighted by Crippen LogP contribution is -2.09. The molecule has 2 N–H and O–H groups in total. The summed E-state index contributed by atoms with van der Waals surface area (Å²) in [5, 5.41) is 15.2. The molecule has 1 amide bonds. The number of nitrogens with zero attached hydrogens (tertiary/aromatic N) is 2. The highest BCUT2D eigenvalue weighted by Gasteiger charge is 2.14. The SMILES string of the molecule is Cc1nn(-c2cccc(F)c2)c(C)c1NC(=O)O. The van der Waals surface area contributed by atoms with Crippen LogP contribution in [-0.4, -0.2) is 21.0 Å². The first-order chi connectivity index (χ1) is 8.49. The monoisotopic (exact) mass is 249 g/mol. The Morgan fingerprint density at radius 2 is 2.17 bits per heavy atom. The van der Waals surface area contributed by atoms with Crippen molar-refractivity contribution in [2.75, 3.05) is 5.32 Å². The summed E-state index contributed by atoms with van der Waals surface area (Å²) >= 11 is 0. The van der Waals surface area contributed by atoms with Crippen LogP contribution >= 0.6 is 0 Å². The molecule has 1 aromatic carbocycles. The number of hydrogen-bond acceptors (Lipinski definition) is 2. The zero-order chi connectivity index (χ0) is 13.3. The minimum atomic E-state index is -1.15. The summed E-state index contributed by atoms with van der Waals surface area (Å²) in [5.74, 6) is -0.368. The minimum absolute atomic E-state index is 0.368. The van der Waals surface area contributed by atoms with Crippen LogP contribution in [0.3, 0.4) is 0 Å². The number of nitrogens with one attached hydrogen (secondary N) is 1. The second-order valence-electron chi connectivity index (χ2n) is 3.87. The zero-order valence-corrected chi connectivity index (χ0v) is 9.94. The number of carbonyl (C=O) groups is 1. The number of rotatable bonds is 2. The highest BCUT2D eigenvalue weighted by atomic mass is 19.1. The van der Waals surface area contributed by atoms with Gasteiger partial charge in [0.2, 0.25) is 0 Å². The number of amides is 1. The van der Waals surface area contributed by atoms with E-state index in [1.165, 1.54) is 16.8 Å². The van der Waals surface area contributed by atoms with Crippen molar-refractivity contribution in [1.29, 1.82) is 0 Å². The molecule has 0 saturated heterocycles. The van der Waals surface area contributed by atoms with Crippen molar-refractivity contribution in [3.63, 3.8) is 0 Å². The molecule has 1 heterocycles. The molecule has 0 aliphatic heterocycles. The molecule has 5 nitrogen and oxygen atoms in total. The van der Waals surface area contributed by atoms with Crippen LogP contribution < -0.4 is 5.32 Å². The van der Waals surface area contributed by atoms with Gasteiger partial charge >= 0.3 is 6.09 Å². The van der Waals surface area contributed by atoms with Gasteiger partial charge in [-0.05, 0) is 32.0 Å². The number of anilines is 1. The molecular weight excluding hydrogens is 237 g/mol. The summed E-state index contributed by atoms with van der Waals surface area (Å²) in [6.45, 7) is 3.41. The second-order valence-corrected chi connectivity index (χ2v) is 3.87. The smallest absolute Gasteiger partial charge is 0.409 e. The molecule has 0 unspecified atom stereocenters. The van der Waals surface area contributed by atoms with Gasteiger partial charge in [0.25, 0.3) is 0 Å². The topological polar surface area (TPSA) is 67.2 Å². The minimum Gasteiger partial charge on any atom is -0.465 e. The van der Waals surface area contributed by atoms with Crippen LogP contribution in [0, 0.1) is 19.7 Å². The van der Waals surface area contributed by atoms with Gasteiger partial charge in [0.15, 0.2) is 0 Å². The van der Waals surface area contributed by atoms with Gasteiger partial charge in [0.05, 0.1) is 22.8 Å². The second kappa shape index (κ2) is 4.48. The maximum atomic E-state index is 13.2. The molecule has 0 aliphatic carbocycles. The average Bonchev–Trinajstić information content (AvgIpc) is 2.56. The van der Waals surface area contributed by atoms with Gasteiger partial charge in [-0.2, -0.15) is 5.10 Å². The van der Waals surface area contributed by atoms with Crippen molar-refractivity contribution in [2.24, 2.45) is 0 Å². The van der Waals surface area contributed by atoms with E-state index in [-0.39, 0.29) is 5.82 Å². The fraction of sp³-hybridized carbons (Fsp3) is 0.167. The van der Waals surface area contributed by atoms with Crippen molar-refractivity contribution in [3.05, 3.63) is 41.5 Å². The molecule has 2 rings (SSSR count). The first-order valence-electron chi connectivity index (χ1n) is 5.31. The quantitative estimate of drug-likeness (QED) is 0.859. The number of carboxylic acid groups (broad SMARTS) is 1. The standard InChI is InChI=1S/C12H12FN3O2/c1-7-11(14-12(17)18)8(2)16(15-7)10-5-3-4-9(13)6-10/h3-6,14H,1-2H3,(H,17,18). The van der Waals surface area contributed by atoms with E-state index in [0.29, 0.717) is 22.8 Å². The highest BCUT2D eigenvalue weighted by Crippen LogP contribution is 2.22. The Morgan fingerprint density at radius 3 is 2.78 bits per heavy atom. The zero-order valence-electron chi connectivity index (χ0n) is 9.94. The molecule has 18 heavy (non-hydrogen) atoms. The molecule has 0 spiro atoms. The molecule has 1 aromatic heterocycles. The summed E-state index contributed by atoms with van der Waals surface area (Å²) in [4.78, 5) is 10.7. The molecule has 0 radical (unpaired) electrons. The van der Waals surface area contributed by atoms with Crippen LogP contribution in [-0.2, 0) is 0 Å². The van der Waals surface area contributed by atoms with E-state index < -0.39 is 6.09 Å². The average molecular weight is 249 g/mol. The molecule has 0 atom stereocenters. The molecule has 0 fully saturated rings. The first kappa shape index (κ1) is 12.1. The Hall–Kier alpha value is -2.37. The van der Waals surface area contributed by atoms with Gasteiger partial charge in [-0.25, -0.2) is 13.9 Å². The Bertz CT molecular complexity index is 607. The Morgan fingerprint density at radius 1 is 1.44 bits per heavy atom. The van der Waals surface area contributed by atoms with E-state index >= 15 is 0 Å². The normalized spacial score (nSPS) is 10.4. The summed E-state index contributed by atoms with van der Waals surface area (Å²) in [7, 11) is 0. The van der Waals surface area contributed by atoms with Crippen molar-refractivity contribution in [1.82, 2.24) is 9.78 Å². The summed E-state index contributed by atoms with van der Waals surface area (Å²) in [6, 6.07) is 5.95. The van der Waals surface area contributed by atoms with Crippen LogP contribution in [0.1, 0.15) is 11.4 Å². The molecule has 0 saturated carbocycles.